The number of nitrogens with one attached hydrogen (secondary N) is 1. The van der Waals surface area contributed by atoms with Crippen LogP contribution >= 0.6 is 0 Å². The van der Waals surface area contributed by atoms with Crippen LogP contribution in [0.3, 0.4) is 0 Å². The molecular weight excluding hydrogens is 214 g/mol. The number of amides is 1. The van der Waals surface area contributed by atoms with Gasteiger partial charge in [-0.3, -0.25) is 4.79 Å². The highest BCUT2D eigenvalue weighted by molar-refractivity contribution is 5.76. The SMILES string of the molecule is O=C(CC1CCCC1)NC1CCCCC1CO. The number of hydrogen-bond acceptors (Lipinski definition) is 2. The Kier molecular flexibility index (Phi) is 4.84. The van der Waals surface area contributed by atoms with Crippen LogP contribution in [0.25, 0.3) is 0 Å². The van der Waals surface area contributed by atoms with Crippen LogP contribution in [0.5, 0.6) is 0 Å². The molecule has 98 valence electrons. The molecule has 0 aromatic heterocycles. The predicted molar refractivity (Wildman–Crippen MR) is 67.5 cm³/mol. The summed E-state index contributed by atoms with van der Waals surface area (Å²) < 4.78 is 0. The van der Waals surface area contributed by atoms with Crippen LogP contribution in [0.4, 0.5) is 0 Å². The van der Waals surface area contributed by atoms with Crippen molar-refractivity contribution in [2.75, 3.05) is 6.61 Å². The van der Waals surface area contributed by atoms with Gasteiger partial charge in [0.25, 0.3) is 0 Å². The number of aliphatic hydroxyl groups is 1. The van der Waals surface area contributed by atoms with Crippen molar-refractivity contribution in [1.82, 2.24) is 5.32 Å². The summed E-state index contributed by atoms with van der Waals surface area (Å²) in [6.07, 6.45) is 10.2. The second-order valence-electron chi connectivity index (χ2n) is 5.76. The molecule has 2 atom stereocenters. The average Bonchev–Trinajstić information content (AvgIpc) is 2.82. The van der Waals surface area contributed by atoms with Crippen molar-refractivity contribution in [2.24, 2.45) is 11.8 Å². The van der Waals surface area contributed by atoms with E-state index in [1.807, 2.05) is 0 Å². The minimum atomic E-state index is 0.210. The Morgan fingerprint density at radius 1 is 1.06 bits per heavy atom. The van der Waals surface area contributed by atoms with Crippen molar-refractivity contribution >= 4 is 5.91 Å². The van der Waals surface area contributed by atoms with E-state index >= 15 is 0 Å². The molecule has 2 unspecified atom stereocenters. The Hall–Kier alpha value is -0.570. The molecule has 0 bridgehead atoms. The van der Waals surface area contributed by atoms with Gasteiger partial charge >= 0.3 is 0 Å². The Morgan fingerprint density at radius 2 is 1.71 bits per heavy atom. The van der Waals surface area contributed by atoms with E-state index < -0.39 is 0 Å². The maximum Gasteiger partial charge on any atom is 0.220 e. The van der Waals surface area contributed by atoms with Crippen molar-refractivity contribution in [3.8, 4) is 0 Å². The first-order valence-electron chi connectivity index (χ1n) is 7.20. The monoisotopic (exact) mass is 239 g/mol. The molecule has 0 aromatic rings. The zero-order valence-electron chi connectivity index (χ0n) is 10.7. The molecule has 17 heavy (non-hydrogen) atoms. The molecule has 0 aliphatic heterocycles. The molecule has 2 saturated carbocycles. The highest BCUT2D eigenvalue weighted by Gasteiger charge is 2.27. The molecule has 0 aromatic carbocycles. The van der Waals surface area contributed by atoms with E-state index in [0.29, 0.717) is 12.3 Å². The van der Waals surface area contributed by atoms with E-state index in [4.69, 9.17) is 0 Å². The molecule has 0 radical (unpaired) electrons. The van der Waals surface area contributed by atoms with Crippen molar-refractivity contribution in [3.05, 3.63) is 0 Å². The van der Waals surface area contributed by atoms with Crippen LogP contribution < -0.4 is 5.32 Å². The average molecular weight is 239 g/mol. The van der Waals surface area contributed by atoms with Gasteiger partial charge in [-0.1, -0.05) is 25.7 Å². The first-order valence-corrected chi connectivity index (χ1v) is 7.20. The third-order valence-corrected chi connectivity index (χ3v) is 4.44. The summed E-state index contributed by atoms with van der Waals surface area (Å²) in [5.41, 5.74) is 0. The Labute approximate surface area is 104 Å². The lowest BCUT2D eigenvalue weighted by molar-refractivity contribution is -0.123. The normalized spacial score (nSPS) is 30.4. The molecule has 2 N–H and O–H groups in total. The van der Waals surface area contributed by atoms with Gasteiger partial charge in [0.1, 0.15) is 0 Å². The molecule has 3 heteroatoms. The van der Waals surface area contributed by atoms with Gasteiger partial charge in [0.05, 0.1) is 0 Å². The van der Waals surface area contributed by atoms with Gasteiger partial charge in [-0.25, -0.2) is 0 Å². The number of carbonyl (C=O) groups is 1. The highest BCUT2D eigenvalue weighted by Crippen LogP contribution is 2.28. The lowest BCUT2D eigenvalue weighted by Gasteiger charge is -2.31. The fraction of sp³-hybridized carbons (Fsp3) is 0.929. The van der Waals surface area contributed by atoms with Gasteiger partial charge in [0, 0.05) is 25.0 Å². The van der Waals surface area contributed by atoms with Crippen LogP contribution in [0, 0.1) is 11.8 Å². The standard InChI is InChI=1S/C14H25NO2/c16-10-12-7-3-4-8-13(12)15-14(17)9-11-5-1-2-6-11/h11-13,16H,1-10H2,(H,15,17). The molecule has 2 rings (SSSR count). The third kappa shape index (κ3) is 3.70. The van der Waals surface area contributed by atoms with E-state index in [1.54, 1.807) is 0 Å². The van der Waals surface area contributed by atoms with E-state index in [-0.39, 0.29) is 24.5 Å². The topological polar surface area (TPSA) is 49.3 Å². The van der Waals surface area contributed by atoms with Gasteiger partial charge in [0.2, 0.25) is 5.91 Å². The van der Waals surface area contributed by atoms with Crippen LogP contribution in [-0.2, 0) is 4.79 Å². The molecule has 1 amide bonds. The molecule has 3 nitrogen and oxygen atoms in total. The summed E-state index contributed by atoms with van der Waals surface area (Å²) in [6.45, 7) is 0.217. The molecular formula is C14H25NO2. The van der Waals surface area contributed by atoms with Gasteiger partial charge in [-0.15, -0.1) is 0 Å². The maximum absolute atomic E-state index is 11.9. The lowest BCUT2D eigenvalue weighted by atomic mass is 9.85. The van der Waals surface area contributed by atoms with Crippen LogP contribution in [-0.4, -0.2) is 23.7 Å². The van der Waals surface area contributed by atoms with Gasteiger partial charge in [0.15, 0.2) is 0 Å². The molecule has 0 heterocycles. The third-order valence-electron chi connectivity index (χ3n) is 4.44. The Balaban J connectivity index is 1.75. The van der Waals surface area contributed by atoms with Crippen LogP contribution in [0.1, 0.15) is 57.8 Å². The van der Waals surface area contributed by atoms with E-state index in [9.17, 15) is 9.90 Å². The number of carbonyl (C=O) groups excluding carboxylic acids is 1. The summed E-state index contributed by atoms with van der Waals surface area (Å²) in [5, 5.41) is 12.5. The van der Waals surface area contributed by atoms with Gasteiger partial charge in [-0.2, -0.15) is 0 Å². The smallest absolute Gasteiger partial charge is 0.220 e. The summed E-state index contributed by atoms with van der Waals surface area (Å²) in [4.78, 5) is 11.9. The summed E-state index contributed by atoms with van der Waals surface area (Å²) in [6, 6.07) is 0.225. The Morgan fingerprint density at radius 3 is 2.41 bits per heavy atom. The fourth-order valence-electron chi connectivity index (χ4n) is 3.36. The minimum absolute atomic E-state index is 0.210. The van der Waals surface area contributed by atoms with Crippen molar-refractivity contribution in [3.63, 3.8) is 0 Å². The van der Waals surface area contributed by atoms with Crippen LogP contribution in [0.2, 0.25) is 0 Å². The number of aliphatic hydroxyl groups excluding tert-OH is 1. The Bertz CT molecular complexity index is 249. The number of hydrogen-bond donors (Lipinski definition) is 2. The highest BCUT2D eigenvalue weighted by atomic mass is 16.3. The molecule has 0 spiro atoms. The van der Waals surface area contributed by atoms with E-state index in [2.05, 4.69) is 5.32 Å². The maximum atomic E-state index is 11.9. The van der Waals surface area contributed by atoms with Gasteiger partial charge in [-0.05, 0) is 31.6 Å². The summed E-state index contributed by atoms with van der Waals surface area (Å²) >= 11 is 0. The largest absolute Gasteiger partial charge is 0.396 e. The zero-order chi connectivity index (χ0) is 12.1. The molecule has 2 aliphatic carbocycles. The van der Waals surface area contributed by atoms with E-state index in [0.717, 1.165) is 12.8 Å². The van der Waals surface area contributed by atoms with Crippen molar-refractivity contribution in [2.45, 2.75) is 63.8 Å². The van der Waals surface area contributed by atoms with Crippen molar-refractivity contribution < 1.29 is 9.90 Å². The summed E-state index contributed by atoms with van der Waals surface area (Å²) in [7, 11) is 0. The molecule has 2 fully saturated rings. The second kappa shape index (κ2) is 6.39. The summed E-state index contributed by atoms with van der Waals surface area (Å²) in [5.74, 6) is 1.12. The first kappa shape index (κ1) is 12.9. The number of rotatable bonds is 4. The zero-order valence-corrected chi connectivity index (χ0v) is 10.7. The van der Waals surface area contributed by atoms with Crippen molar-refractivity contribution in [1.29, 1.82) is 0 Å². The predicted octanol–water partition coefficient (Wildman–Crippen LogP) is 2.23. The lowest BCUT2D eigenvalue weighted by Crippen LogP contribution is -2.43. The first-order chi connectivity index (χ1) is 8.29. The quantitative estimate of drug-likeness (QED) is 0.790. The fourth-order valence-corrected chi connectivity index (χ4v) is 3.36. The molecule has 0 saturated heterocycles. The minimum Gasteiger partial charge on any atom is -0.396 e. The van der Waals surface area contributed by atoms with E-state index in [1.165, 1.54) is 38.5 Å². The van der Waals surface area contributed by atoms with Crippen LogP contribution in [0.15, 0.2) is 0 Å². The second-order valence-corrected chi connectivity index (χ2v) is 5.76. The van der Waals surface area contributed by atoms with Gasteiger partial charge < -0.3 is 10.4 Å². The molecule has 2 aliphatic rings.